The monoisotopic (exact) mass is 181 g/mol. The molecule has 0 spiro atoms. The van der Waals surface area contributed by atoms with E-state index in [2.05, 4.69) is 0 Å². The summed E-state index contributed by atoms with van der Waals surface area (Å²) in [7, 11) is 1.56. The molecule has 0 heterocycles. The van der Waals surface area contributed by atoms with Crippen molar-refractivity contribution >= 4 is 0 Å². The molecule has 0 N–H and O–H groups in total. The van der Waals surface area contributed by atoms with Crippen LogP contribution in [0, 0.1) is 0 Å². The Hall–Kier alpha value is -0.250. The zero-order valence-electron chi connectivity index (χ0n) is 7.36. The standard InChI is InChI=1S/C8H14F3N/c1-6(8(9,10)11)12(2)7-4-3-5-7/h6-7H,3-5H2,1-2H3/t6-/m1/s1. The molecule has 1 aliphatic carbocycles. The average Bonchev–Trinajstić information content (AvgIpc) is 1.79. The summed E-state index contributed by atoms with van der Waals surface area (Å²) in [6.45, 7) is 1.22. The number of nitrogens with zero attached hydrogens (tertiary/aromatic N) is 1. The Morgan fingerprint density at radius 1 is 1.33 bits per heavy atom. The van der Waals surface area contributed by atoms with Crippen LogP contribution in [0.2, 0.25) is 0 Å². The Morgan fingerprint density at radius 3 is 2.08 bits per heavy atom. The van der Waals surface area contributed by atoms with E-state index in [0.29, 0.717) is 0 Å². The second-order valence-corrected chi connectivity index (χ2v) is 3.47. The van der Waals surface area contributed by atoms with Crippen LogP contribution >= 0.6 is 0 Å². The van der Waals surface area contributed by atoms with Crippen molar-refractivity contribution < 1.29 is 13.2 Å². The normalized spacial score (nSPS) is 22.5. The van der Waals surface area contributed by atoms with E-state index in [9.17, 15) is 13.2 Å². The molecular weight excluding hydrogens is 167 g/mol. The first-order valence-electron chi connectivity index (χ1n) is 4.21. The minimum Gasteiger partial charge on any atom is -0.293 e. The maximum absolute atomic E-state index is 12.2. The number of alkyl halides is 3. The van der Waals surface area contributed by atoms with Crippen LogP contribution in [0.3, 0.4) is 0 Å². The highest BCUT2D eigenvalue weighted by molar-refractivity contribution is 4.83. The third-order valence-corrected chi connectivity index (χ3v) is 2.74. The molecule has 12 heavy (non-hydrogen) atoms. The summed E-state index contributed by atoms with van der Waals surface area (Å²) in [5.74, 6) is 0. The molecule has 0 aliphatic heterocycles. The van der Waals surface area contributed by atoms with Gasteiger partial charge in [0, 0.05) is 6.04 Å². The van der Waals surface area contributed by atoms with Crippen molar-refractivity contribution in [2.45, 2.75) is 44.4 Å². The second kappa shape index (κ2) is 3.24. The summed E-state index contributed by atoms with van der Waals surface area (Å²) in [5.41, 5.74) is 0. The maximum Gasteiger partial charge on any atom is 0.403 e. The summed E-state index contributed by atoms with van der Waals surface area (Å²) < 4.78 is 36.5. The number of hydrogen-bond acceptors (Lipinski definition) is 1. The Labute approximate surface area is 70.5 Å². The molecule has 0 radical (unpaired) electrons. The first-order chi connectivity index (χ1) is 5.43. The van der Waals surface area contributed by atoms with E-state index in [-0.39, 0.29) is 6.04 Å². The summed E-state index contributed by atoms with van der Waals surface area (Å²) in [6.07, 6.45) is -1.18. The van der Waals surface area contributed by atoms with Gasteiger partial charge in [0.1, 0.15) is 6.04 Å². The van der Waals surface area contributed by atoms with Crippen LogP contribution in [0.25, 0.3) is 0 Å². The topological polar surface area (TPSA) is 3.24 Å². The molecule has 0 unspecified atom stereocenters. The lowest BCUT2D eigenvalue weighted by Crippen LogP contribution is -2.49. The van der Waals surface area contributed by atoms with Crippen molar-refractivity contribution in [3.8, 4) is 0 Å². The van der Waals surface area contributed by atoms with Crippen LogP contribution in [0.5, 0.6) is 0 Å². The highest BCUT2D eigenvalue weighted by Gasteiger charge is 2.41. The molecule has 1 saturated carbocycles. The predicted octanol–water partition coefficient (Wildman–Crippen LogP) is 2.42. The zero-order valence-corrected chi connectivity index (χ0v) is 7.36. The van der Waals surface area contributed by atoms with Crippen molar-refractivity contribution in [1.82, 2.24) is 4.90 Å². The van der Waals surface area contributed by atoms with E-state index < -0.39 is 12.2 Å². The zero-order chi connectivity index (χ0) is 9.35. The van der Waals surface area contributed by atoms with Crippen LogP contribution in [0.4, 0.5) is 13.2 Å². The summed E-state index contributed by atoms with van der Waals surface area (Å²) in [4.78, 5) is 1.43. The minimum absolute atomic E-state index is 0.154. The molecule has 1 nitrogen and oxygen atoms in total. The molecule has 72 valence electrons. The average molecular weight is 181 g/mol. The van der Waals surface area contributed by atoms with E-state index in [0.717, 1.165) is 19.3 Å². The molecule has 0 aromatic carbocycles. The smallest absolute Gasteiger partial charge is 0.293 e. The van der Waals surface area contributed by atoms with Crippen LogP contribution < -0.4 is 0 Å². The van der Waals surface area contributed by atoms with Crippen molar-refractivity contribution in [3.63, 3.8) is 0 Å². The van der Waals surface area contributed by atoms with Crippen molar-refractivity contribution in [3.05, 3.63) is 0 Å². The maximum atomic E-state index is 12.2. The predicted molar refractivity (Wildman–Crippen MR) is 40.9 cm³/mol. The van der Waals surface area contributed by atoms with E-state index in [1.165, 1.54) is 11.8 Å². The van der Waals surface area contributed by atoms with Gasteiger partial charge in [-0.3, -0.25) is 4.90 Å². The second-order valence-electron chi connectivity index (χ2n) is 3.47. The van der Waals surface area contributed by atoms with E-state index >= 15 is 0 Å². The molecule has 0 saturated heterocycles. The Kier molecular flexibility index (Phi) is 2.66. The van der Waals surface area contributed by atoms with Gasteiger partial charge < -0.3 is 0 Å². The lowest BCUT2D eigenvalue weighted by atomic mass is 9.91. The molecule has 1 atom stereocenters. The molecule has 0 aromatic heterocycles. The van der Waals surface area contributed by atoms with Gasteiger partial charge in [-0.1, -0.05) is 6.42 Å². The molecule has 4 heteroatoms. The fourth-order valence-corrected chi connectivity index (χ4v) is 1.34. The number of halogens is 3. The molecule has 1 fully saturated rings. The van der Waals surface area contributed by atoms with Gasteiger partial charge in [0.15, 0.2) is 0 Å². The van der Waals surface area contributed by atoms with Gasteiger partial charge in [0.25, 0.3) is 0 Å². The Balaban J connectivity index is 2.45. The molecule has 0 amide bonds. The quantitative estimate of drug-likeness (QED) is 0.632. The molecule has 0 aromatic rings. The first kappa shape index (κ1) is 9.84. The Morgan fingerprint density at radius 2 is 1.83 bits per heavy atom. The van der Waals surface area contributed by atoms with Gasteiger partial charge in [-0.2, -0.15) is 13.2 Å². The van der Waals surface area contributed by atoms with E-state index in [4.69, 9.17) is 0 Å². The molecular formula is C8H14F3N. The van der Waals surface area contributed by atoms with Crippen LogP contribution in [0.15, 0.2) is 0 Å². The van der Waals surface area contributed by atoms with Gasteiger partial charge >= 0.3 is 6.18 Å². The summed E-state index contributed by atoms with van der Waals surface area (Å²) in [6, 6.07) is -1.15. The SMILES string of the molecule is C[C@@H](N(C)C1CCC1)C(F)(F)F. The van der Waals surface area contributed by atoms with Crippen molar-refractivity contribution in [2.75, 3.05) is 7.05 Å². The van der Waals surface area contributed by atoms with Crippen molar-refractivity contribution in [2.24, 2.45) is 0 Å². The Bertz CT molecular complexity index is 151. The summed E-state index contributed by atoms with van der Waals surface area (Å²) >= 11 is 0. The van der Waals surface area contributed by atoms with Crippen LogP contribution in [-0.4, -0.2) is 30.2 Å². The third kappa shape index (κ3) is 1.91. The minimum atomic E-state index is -4.08. The number of rotatable bonds is 2. The lowest BCUT2D eigenvalue weighted by Gasteiger charge is -2.39. The van der Waals surface area contributed by atoms with Gasteiger partial charge in [-0.25, -0.2) is 0 Å². The van der Waals surface area contributed by atoms with E-state index in [1.807, 2.05) is 0 Å². The van der Waals surface area contributed by atoms with Crippen LogP contribution in [0.1, 0.15) is 26.2 Å². The highest BCUT2D eigenvalue weighted by atomic mass is 19.4. The molecule has 1 rings (SSSR count). The van der Waals surface area contributed by atoms with Crippen LogP contribution in [-0.2, 0) is 0 Å². The number of hydrogen-bond donors (Lipinski definition) is 0. The lowest BCUT2D eigenvalue weighted by molar-refractivity contribution is -0.183. The van der Waals surface area contributed by atoms with Gasteiger partial charge in [0.2, 0.25) is 0 Å². The molecule has 0 bridgehead atoms. The van der Waals surface area contributed by atoms with Gasteiger partial charge in [-0.05, 0) is 26.8 Å². The van der Waals surface area contributed by atoms with Crippen molar-refractivity contribution in [1.29, 1.82) is 0 Å². The first-order valence-corrected chi connectivity index (χ1v) is 4.21. The largest absolute Gasteiger partial charge is 0.403 e. The van der Waals surface area contributed by atoms with E-state index in [1.54, 1.807) is 7.05 Å². The summed E-state index contributed by atoms with van der Waals surface area (Å²) in [5, 5.41) is 0. The van der Waals surface area contributed by atoms with Gasteiger partial charge in [0.05, 0.1) is 0 Å². The van der Waals surface area contributed by atoms with Gasteiger partial charge in [-0.15, -0.1) is 0 Å². The highest BCUT2D eigenvalue weighted by Crippen LogP contribution is 2.31. The molecule has 1 aliphatic rings. The fourth-order valence-electron chi connectivity index (χ4n) is 1.34. The fraction of sp³-hybridized carbons (Fsp3) is 1.00. The third-order valence-electron chi connectivity index (χ3n) is 2.74.